The van der Waals surface area contributed by atoms with Crippen LogP contribution in [0.25, 0.3) is 0 Å². The second-order valence-corrected chi connectivity index (χ2v) is 6.32. The van der Waals surface area contributed by atoms with Gasteiger partial charge in [-0.1, -0.05) is 42.8 Å². The summed E-state index contributed by atoms with van der Waals surface area (Å²) in [6, 6.07) is 15.9. The van der Waals surface area contributed by atoms with Gasteiger partial charge in [0.05, 0.1) is 6.04 Å². The third-order valence-electron chi connectivity index (χ3n) is 4.38. The van der Waals surface area contributed by atoms with Crippen LogP contribution in [-0.4, -0.2) is 17.5 Å². The molecule has 2 aromatic carbocycles. The summed E-state index contributed by atoms with van der Waals surface area (Å²) >= 11 is 5.96. The summed E-state index contributed by atoms with van der Waals surface area (Å²) in [4.78, 5) is 14.5. The lowest BCUT2D eigenvalue weighted by molar-refractivity contribution is 0.207. The summed E-state index contributed by atoms with van der Waals surface area (Å²) in [5.74, 6) is 0. The van der Waals surface area contributed by atoms with Crippen molar-refractivity contribution in [1.29, 1.82) is 0 Å². The van der Waals surface area contributed by atoms with E-state index in [4.69, 9.17) is 11.6 Å². The average Bonchev–Trinajstić information content (AvgIpc) is 3.06. The van der Waals surface area contributed by atoms with E-state index in [1.165, 1.54) is 5.56 Å². The van der Waals surface area contributed by atoms with Crippen molar-refractivity contribution in [1.82, 2.24) is 4.90 Å². The molecule has 0 unspecified atom stereocenters. The monoisotopic (exact) mass is 328 g/mol. The van der Waals surface area contributed by atoms with Crippen molar-refractivity contribution in [3.63, 3.8) is 0 Å². The van der Waals surface area contributed by atoms with E-state index in [9.17, 15) is 4.79 Å². The Hall–Kier alpha value is -2.00. The number of aryl methyl sites for hydroxylation is 1. The summed E-state index contributed by atoms with van der Waals surface area (Å²) in [7, 11) is 0. The van der Waals surface area contributed by atoms with E-state index < -0.39 is 0 Å². The molecule has 2 aromatic rings. The molecule has 0 radical (unpaired) electrons. The van der Waals surface area contributed by atoms with Crippen LogP contribution >= 0.6 is 11.6 Å². The van der Waals surface area contributed by atoms with Gasteiger partial charge in [0, 0.05) is 17.3 Å². The zero-order valence-corrected chi connectivity index (χ0v) is 14.0. The van der Waals surface area contributed by atoms with Crippen LogP contribution in [0.3, 0.4) is 0 Å². The Labute approximate surface area is 142 Å². The predicted octanol–water partition coefficient (Wildman–Crippen LogP) is 5.27. The number of likely N-dealkylation sites (tertiary alicyclic amines) is 1. The minimum atomic E-state index is -0.0355. The van der Waals surface area contributed by atoms with Gasteiger partial charge in [0.2, 0.25) is 0 Å². The molecule has 1 heterocycles. The van der Waals surface area contributed by atoms with Gasteiger partial charge < -0.3 is 10.2 Å². The first-order chi connectivity index (χ1) is 11.2. The number of nitrogens with one attached hydrogen (secondary N) is 1. The number of carbonyl (C=O) groups excluding carboxylic acids is 1. The first kappa shape index (κ1) is 15.9. The van der Waals surface area contributed by atoms with Crippen LogP contribution in [-0.2, 0) is 6.42 Å². The maximum atomic E-state index is 12.6. The molecule has 23 heavy (non-hydrogen) atoms. The zero-order valence-electron chi connectivity index (χ0n) is 13.3. The number of benzene rings is 2. The third kappa shape index (κ3) is 3.67. The summed E-state index contributed by atoms with van der Waals surface area (Å²) < 4.78 is 0. The van der Waals surface area contributed by atoms with Crippen molar-refractivity contribution in [2.75, 3.05) is 11.9 Å². The van der Waals surface area contributed by atoms with Gasteiger partial charge in [0.15, 0.2) is 0 Å². The summed E-state index contributed by atoms with van der Waals surface area (Å²) in [6.45, 7) is 2.90. The molecule has 1 N–H and O–H groups in total. The fourth-order valence-corrected chi connectivity index (χ4v) is 3.19. The van der Waals surface area contributed by atoms with Gasteiger partial charge in [0.1, 0.15) is 0 Å². The molecule has 1 aliphatic heterocycles. The molecule has 1 atom stereocenters. The standard InChI is InChI=1S/C19H21ClN2O/c1-2-14-5-11-17(12-6-14)21-19(23)22-13-3-4-18(22)15-7-9-16(20)10-8-15/h5-12,18H,2-4,13H2,1H3,(H,21,23)/t18-/m0/s1. The number of hydrogen-bond donors (Lipinski definition) is 1. The zero-order chi connectivity index (χ0) is 16.2. The molecule has 0 spiro atoms. The topological polar surface area (TPSA) is 32.3 Å². The van der Waals surface area contributed by atoms with Crippen LogP contribution in [0, 0.1) is 0 Å². The first-order valence-electron chi connectivity index (χ1n) is 8.09. The van der Waals surface area contributed by atoms with Crippen LogP contribution < -0.4 is 5.32 Å². The second-order valence-electron chi connectivity index (χ2n) is 5.88. The minimum absolute atomic E-state index is 0.0355. The smallest absolute Gasteiger partial charge is 0.317 e. The highest BCUT2D eigenvalue weighted by Crippen LogP contribution is 2.32. The van der Waals surface area contributed by atoms with Crippen LogP contribution in [0.15, 0.2) is 48.5 Å². The number of carbonyl (C=O) groups is 1. The van der Waals surface area contributed by atoms with E-state index >= 15 is 0 Å². The summed E-state index contributed by atoms with van der Waals surface area (Å²) in [5.41, 5.74) is 3.25. The highest BCUT2D eigenvalue weighted by molar-refractivity contribution is 6.30. The first-order valence-corrected chi connectivity index (χ1v) is 8.47. The van der Waals surface area contributed by atoms with Crippen molar-refractivity contribution >= 4 is 23.3 Å². The van der Waals surface area contributed by atoms with Gasteiger partial charge in [0.25, 0.3) is 0 Å². The number of amides is 2. The molecule has 0 aliphatic carbocycles. The molecular weight excluding hydrogens is 308 g/mol. The second kappa shape index (κ2) is 7.05. The number of rotatable bonds is 3. The number of hydrogen-bond acceptors (Lipinski definition) is 1. The summed E-state index contributed by atoms with van der Waals surface area (Å²) in [6.07, 6.45) is 3.01. The van der Waals surface area contributed by atoms with Crippen LogP contribution in [0.1, 0.15) is 36.9 Å². The highest BCUT2D eigenvalue weighted by atomic mass is 35.5. The molecule has 120 valence electrons. The maximum Gasteiger partial charge on any atom is 0.322 e. The van der Waals surface area contributed by atoms with Crippen LogP contribution in [0.2, 0.25) is 5.02 Å². The van der Waals surface area contributed by atoms with Crippen molar-refractivity contribution in [2.24, 2.45) is 0 Å². The van der Waals surface area contributed by atoms with Gasteiger partial charge in [-0.05, 0) is 54.7 Å². The predicted molar refractivity (Wildman–Crippen MR) is 95.0 cm³/mol. The lowest BCUT2D eigenvalue weighted by atomic mass is 10.1. The Bertz CT molecular complexity index is 667. The van der Waals surface area contributed by atoms with Gasteiger partial charge in [-0.3, -0.25) is 0 Å². The van der Waals surface area contributed by atoms with Crippen molar-refractivity contribution < 1.29 is 4.79 Å². The molecule has 1 fully saturated rings. The van der Waals surface area contributed by atoms with Gasteiger partial charge in [-0.15, -0.1) is 0 Å². The van der Waals surface area contributed by atoms with E-state index in [2.05, 4.69) is 24.4 Å². The lowest BCUT2D eigenvalue weighted by Gasteiger charge is -2.25. The molecule has 2 amide bonds. The summed E-state index contributed by atoms with van der Waals surface area (Å²) in [5, 5.41) is 3.73. The molecular formula is C19H21ClN2O. The highest BCUT2D eigenvalue weighted by Gasteiger charge is 2.29. The molecule has 3 nitrogen and oxygen atoms in total. The largest absolute Gasteiger partial charge is 0.322 e. The Morgan fingerprint density at radius 2 is 1.87 bits per heavy atom. The maximum absolute atomic E-state index is 12.6. The number of nitrogens with zero attached hydrogens (tertiary/aromatic N) is 1. The molecule has 1 aliphatic rings. The molecule has 0 saturated carbocycles. The van der Waals surface area contributed by atoms with Crippen LogP contribution in [0.4, 0.5) is 10.5 Å². The molecule has 4 heteroatoms. The Morgan fingerprint density at radius 3 is 2.52 bits per heavy atom. The van der Waals surface area contributed by atoms with E-state index in [1.54, 1.807) is 0 Å². The number of halogens is 1. The molecule has 1 saturated heterocycles. The number of anilines is 1. The Kier molecular flexibility index (Phi) is 4.87. The molecule has 3 rings (SSSR count). The van der Waals surface area contributed by atoms with Crippen molar-refractivity contribution in [3.8, 4) is 0 Å². The van der Waals surface area contributed by atoms with Crippen molar-refractivity contribution in [3.05, 3.63) is 64.7 Å². The van der Waals surface area contributed by atoms with Gasteiger partial charge in [-0.25, -0.2) is 4.79 Å². The van der Waals surface area contributed by atoms with Crippen LogP contribution in [0.5, 0.6) is 0 Å². The van der Waals surface area contributed by atoms with Crippen molar-refractivity contribution in [2.45, 2.75) is 32.2 Å². The SMILES string of the molecule is CCc1ccc(NC(=O)N2CCC[C@H]2c2ccc(Cl)cc2)cc1. The van der Waals surface area contributed by atoms with Gasteiger partial charge >= 0.3 is 6.03 Å². The fourth-order valence-electron chi connectivity index (χ4n) is 3.06. The van der Waals surface area contributed by atoms with Gasteiger partial charge in [-0.2, -0.15) is 0 Å². The lowest BCUT2D eigenvalue weighted by Crippen LogP contribution is -2.34. The average molecular weight is 329 g/mol. The fraction of sp³-hybridized carbons (Fsp3) is 0.316. The quantitative estimate of drug-likeness (QED) is 0.817. The Morgan fingerprint density at radius 1 is 1.17 bits per heavy atom. The molecule has 0 aromatic heterocycles. The number of urea groups is 1. The molecule has 0 bridgehead atoms. The van der Waals surface area contributed by atoms with E-state index in [-0.39, 0.29) is 12.1 Å². The minimum Gasteiger partial charge on any atom is -0.317 e. The normalized spacial score (nSPS) is 17.3. The van der Waals surface area contributed by atoms with E-state index in [0.29, 0.717) is 0 Å². The third-order valence-corrected chi connectivity index (χ3v) is 4.63. The Balaban J connectivity index is 1.71. The van der Waals surface area contributed by atoms with E-state index in [0.717, 1.165) is 42.1 Å². The van der Waals surface area contributed by atoms with E-state index in [1.807, 2.05) is 41.3 Å².